The summed E-state index contributed by atoms with van der Waals surface area (Å²) in [6, 6.07) is 0.460. The van der Waals surface area contributed by atoms with Gasteiger partial charge < -0.3 is 15.3 Å². The van der Waals surface area contributed by atoms with Crippen LogP contribution in [0.1, 0.15) is 20.3 Å². The molecule has 4 nitrogen and oxygen atoms in total. The summed E-state index contributed by atoms with van der Waals surface area (Å²) in [6.45, 7) is 6.61. The molecule has 1 atom stereocenters. The summed E-state index contributed by atoms with van der Waals surface area (Å²) in [4.78, 5) is 13.2. The monoisotopic (exact) mass is 200 g/mol. The van der Waals surface area contributed by atoms with Gasteiger partial charge in [0.25, 0.3) is 0 Å². The lowest BCUT2D eigenvalue weighted by Gasteiger charge is -2.17. The van der Waals surface area contributed by atoms with Crippen molar-refractivity contribution in [2.24, 2.45) is 5.92 Å². The molecular formula is C10H20N2O2. The average Bonchev–Trinajstić information content (AvgIpc) is 2.47. The van der Waals surface area contributed by atoms with E-state index in [0.717, 1.165) is 19.6 Å². The Morgan fingerprint density at radius 3 is 2.86 bits per heavy atom. The number of aliphatic hydroxyl groups is 1. The van der Waals surface area contributed by atoms with Gasteiger partial charge in [0, 0.05) is 44.6 Å². The highest BCUT2D eigenvalue weighted by Gasteiger charge is 2.28. The number of nitrogens with zero attached hydrogens (tertiary/aromatic N) is 1. The zero-order valence-corrected chi connectivity index (χ0v) is 8.99. The van der Waals surface area contributed by atoms with E-state index in [1.54, 1.807) is 0 Å². The van der Waals surface area contributed by atoms with Crippen LogP contribution >= 0.6 is 0 Å². The van der Waals surface area contributed by atoms with Gasteiger partial charge in [-0.25, -0.2) is 0 Å². The molecule has 1 unspecified atom stereocenters. The van der Waals surface area contributed by atoms with Crippen molar-refractivity contribution in [1.82, 2.24) is 10.2 Å². The van der Waals surface area contributed by atoms with Crippen LogP contribution < -0.4 is 5.32 Å². The second-order valence-electron chi connectivity index (χ2n) is 4.20. The third kappa shape index (κ3) is 3.27. The summed E-state index contributed by atoms with van der Waals surface area (Å²) < 4.78 is 0. The van der Waals surface area contributed by atoms with Crippen LogP contribution in [0.4, 0.5) is 0 Å². The first-order valence-electron chi connectivity index (χ1n) is 5.25. The molecule has 0 aromatic heterocycles. The Balaban J connectivity index is 2.21. The number of carbonyl (C=O) groups excluding carboxylic acids is 1. The standard InChI is InChI=1S/C10H20N2O2/c1-8(2)11-3-4-12-6-9(7-13)5-10(12)14/h8-9,11,13H,3-7H2,1-2H3. The molecule has 1 aliphatic rings. The van der Waals surface area contributed by atoms with Crippen LogP contribution in [0.15, 0.2) is 0 Å². The second kappa shape index (κ2) is 5.32. The van der Waals surface area contributed by atoms with E-state index >= 15 is 0 Å². The van der Waals surface area contributed by atoms with Gasteiger partial charge in [-0.3, -0.25) is 4.79 Å². The summed E-state index contributed by atoms with van der Waals surface area (Å²) in [7, 11) is 0. The van der Waals surface area contributed by atoms with Crippen molar-refractivity contribution in [1.29, 1.82) is 0 Å². The highest BCUT2D eigenvalue weighted by atomic mass is 16.3. The predicted octanol–water partition coefficient (Wildman–Crippen LogP) is -0.175. The number of amides is 1. The number of hydrogen-bond donors (Lipinski definition) is 2. The number of rotatable bonds is 5. The Hall–Kier alpha value is -0.610. The minimum absolute atomic E-state index is 0.125. The Kier molecular flexibility index (Phi) is 4.35. The average molecular weight is 200 g/mol. The van der Waals surface area contributed by atoms with Crippen molar-refractivity contribution in [2.75, 3.05) is 26.2 Å². The summed E-state index contributed by atoms with van der Waals surface area (Å²) in [6.07, 6.45) is 0.512. The number of aliphatic hydroxyl groups excluding tert-OH is 1. The molecule has 0 saturated carbocycles. The maximum absolute atomic E-state index is 11.4. The van der Waals surface area contributed by atoms with Gasteiger partial charge in [-0.2, -0.15) is 0 Å². The molecule has 0 aliphatic carbocycles. The highest BCUT2D eigenvalue weighted by Crippen LogP contribution is 2.15. The van der Waals surface area contributed by atoms with Gasteiger partial charge >= 0.3 is 0 Å². The molecule has 1 heterocycles. The van der Waals surface area contributed by atoms with Gasteiger partial charge in [0.2, 0.25) is 5.91 Å². The molecule has 0 aromatic rings. The van der Waals surface area contributed by atoms with Gasteiger partial charge in [-0.05, 0) is 0 Å². The molecule has 1 rings (SSSR count). The van der Waals surface area contributed by atoms with Crippen LogP contribution in [0.2, 0.25) is 0 Å². The SMILES string of the molecule is CC(C)NCCN1CC(CO)CC1=O. The van der Waals surface area contributed by atoms with E-state index < -0.39 is 0 Å². The summed E-state index contributed by atoms with van der Waals surface area (Å²) in [5.74, 6) is 0.330. The minimum atomic E-state index is 0.125. The Labute approximate surface area is 85.3 Å². The summed E-state index contributed by atoms with van der Waals surface area (Å²) in [5, 5.41) is 12.2. The van der Waals surface area contributed by atoms with Gasteiger partial charge in [-0.15, -0.1) is 0 Å². The first kappa shape index (κ1) is 11.5. The Morgan fingerprint density at radius 2 is 2.36 bits per heavy atom. The molecule has 1 aliphatic heterocycles. The molecule has 2 N–H and O–H groups in total. The van der Waals surface area contributed by atoms with Crippen molar-refractivity contribution < 1.29 is 9.90 Å². The normalized spacial score (nSPS) is 22.4. The lowest BCUT2D eigenvalue weighted by Crippen LogP contribution is -2.35. The van der Waals surface area contributed by atoms with Crippen molar-refractivity contribution in [3.8, 4) is 0 Å². The summed E-state index contributed by atoms with van der Waals surface area (Å²) in [5.41, 5.74) is 0. The molecule has 14 heavy (non-hydrogen) atoms. The molecule has 0 spiro atoms. The number of nitrogens with one attached hydrogen (secondary N) is 1. The van der Waals surface area contributed by atoms with E-state index in [0.29, 0.717) is 12.5 Å². The van der Waals surface area contributed by atoms with Crippen molar-refractivity contribution in [2.45, 2.75) is 26.3 Å². The van der Waals surface area contributed by atoms with Crippen LogP contribution in [0.5, 0.6) is 0 Å². The van der Waals surface area contributed by atoms with E-state index in [1.165, 1.54) is 0 Å². The van der Waals surface area contributed by atoms with Crippen LogP contribution in [0.3, 0.4) is 0 Å². The molecule has 4 heteroatoms. The molecule has 82 valence electrons. The Bertz CT molecular complexity index is 195. The number of likely N-dealkylation sites (tertiary alicyclic amines) is 1. The van der Waals surface area contributed by atoms with Crippen LogP contribution in [-0.2, 0) is 4.79 Å². The fraction of sp³-hybridized carbons (Fsp3) is 0.900. The quantitative estimate of drug-likeness (QED) is 0.647. The van der Waals surface area contributed by atoms with Gasteiger partial charge in [0.15, 0.2) is 0 Å². The van der Waals surface area contributed by atoms with E-state index in [4.69, 9.17) is 5.11 Å². The molecule has 1 fully saturated rings. The zero-order valence-electron chi connectivity index (χ0n) is 8.99. The smallest absolute Gasteiger partial charge is 0.223 e. The lowest BCUT2D eigenvalue weighted by molar-refractivity contribution is -0.127. The molecule has 0 aromatic carbocycles. The largest absolute Gasteiger partial charge is 0.396 e. The van der Waals surface area contributed by atoms with Gasteiger partial charge in [0.05, 0.1) is 0 Å². The molecular weight excluding hydrogens is 180 g/mol. The first-order chi connectivity index (χ1) is 6.63. The molecule has 1 amide bonds. The molecule has 0 radical (unpaired) electrons. The van der Waals surface area contributed by atoms with Crippen LogP contribution in [-0.4, -0.2) is 48.2 Å². The van der Waals surface area contributed by atoms with E-state index in [-0.39, 0.29) is 18.4 Å². The highest BCUT2D eigenvalue weighted by molar-refractivity contribution is 5.78. The lowest BCUT2D eigenvalue weighted by atomic mass is 10.1. The Morgan fingerprint density at radius 1 is 1.64 bits per heavy atom. The maximum Gasteiger partial charge on any atom is 0.223 e. The number of hydrogen-bond acceptors (Lipinski definition) is 3. The third-order valence-corrected chi connectivity index (χ3v) is 2.49. The third-order valence-electron chi connectivity index (χ3n) is 2.49. The predicted molar refractivity (Wildman–Crippen MR) is 54.9 cm³/mol. The first-order valence-corrected chi connectivity index (χ1v) is 5.25. The van der Waals surface area contributed by atoms with Gasteiger partial charge in [-0.1, -0.05) is 13.8 Å². The number of carbonyl (C=O) groups is 1. The van der Waals surface area contributed by atoms with Gasteiger partial charge in [0.1, 0.15) is 0 Å². The van der Waals surface area contributed by atoms with Crippen LogP contribution in [0, 0.1) is 5.92 Å². The van der Waals surface area contributed by atoms with Crippen molar-refractivity contribution in [3.63, 3.8) is 0 Å². The van der Waals surface area contributed by atoms with E-state index in [2.05, 4.69) is 19.2 Å². The fourth-order valence-electron chi connectivity index (χ4n) is 1.68. The second-order valence-corrected chi connectivity index (χ2v) is 4.20. The van der Waals surface area contributed by atoms with Crippen molar-refractivity contribution >= 4 is 5.91 Å². The maximum atomic E-state index is 11.4. The topological polar surface area (TPSA) is 52.6 Å². The fourth-order valence-corrected chi connectivity index (χ4v) is 1.68. The molecule has 0 bridgehead atoms. The summed E-state index contributed by atoms with van der Waals surface area (Å²) >= 11 is 0. The van der Waals surface area contributed by atoms with E-state index in [9.17, 15) is 4.79 Å². The zero-order chi connectivity index (χ0) is 10.6. The van der Waals surface area contributed by atoms with Crippen LogP contribution in [0.25, 0.3) is 0 Å². The minimum Gasteiger partial charge on any atom is -0.396 e. The van der Waals surface area contributed by atoms with Crippen molar-refractivity contribution in [3.05, 3.63) is 0 Å². The van der Waals surface area contributed by atoms with E-state index in [1.807, 2.05) is 4.90 Å². The molecule has 1 saturated heterocycles.